The number of para-hydroxylation sites is 1. The summed E-state index contributed by atoms with van der Waals surface area (Å²) < 4.78 is 0. The zero-order valence-corrected chi connectivity index (χ0v) is 12.3. The van der Waals surface area contributed by atoms with Crippen molar-refractivity contribution >= 4 is 17.6 Å². The number of carbonyl (C=O) groups excluding carboxylic acids is 1. The quantitative estimate of drug-likeness (QED) is 0.838. The van der Waals surface area contributed by atoms with Crippen LogP contribution in [-0.4, -0.2) is 36.1 Å². The van der Waals surface area contributed by atoms with Crippen molar-refractivity contribution in [3.63, 3.8) is 0 Å². The summed E-state index contributed by atoms with van der Waals surface area (Å²) in [4.78, 5) is 24.6. The zero-order valence-electron chi connectivity index (χ0n) is 12.3. The first-order valence-electron chi connectivity index (χ1n) is 7.45. The van der Waals surface area contributed by atoms with E-state index in [-0.39, 0.29) is 19.0 Å². The van der Waals surface area contributed by atoms with Crippen LogP contribution in [0.3, 0.4) is 0 Å². The minimum atomic E-state index is -1.02. The lowest BCUT2D eigenvalue weighted by atomic mass is 9.93. The molecule has 1 aromatic rings. The Morgan fingerprint density at radius 2 is 2.14 bits per heavy atom. The van der Waals surface area contributed by atoms with E-state index in [4.69, 9.17) is 5.11 Å². The summed E-state index contributed by atoms with van der Waals surface area (Å²) in [6.45, 7) is 2.03. The molecule has 0 aromatic heterocycles. The van der Waals surface area contributed by atoms with E-state index < -0.39 is 5.97 Å². The van der Waals surface area contributed by atoms with Gasteiger partial charge in [0.2, 0.25) is 5.91 Å². The first-order valence-corrected chi connectivity index (χ1v) is 7.45. The van der Waals surface area contributed by atoms with Crippen molar-refractivity contribution in [2.24, 2.45) is 0 Å². The first-order chi connectivity index (χ1) is 10.1. The number of benzene rings is 1. The fourth-order valence-corrected chi connectivity index (χ4v) is 2.91. The molecule has 114 valence electrons. The van der Waals surface area contributed by atoms with E-state index in [1.165, 1.54) is 5.56 Å². The Morgan fingerprint density at radius 3 is 2.86 bits per heavy atom. The third-order valence-electron chi connectivity index (χ3n) is 3.86. The Labute approximate surface area is 125 Å². The van der Waals surface area contributed by atoms with Crippen LogP contribution in [0.25, 0.3) is 0 Å². The number of aryl methyl sites for hydroxylation is 1. The van der Waals surface area contributed by atoms with E-state index in [9.17, 15) is 9.59 Å². The van der Waals surface area contributed by atoms with Gasteiger partial charge in [0.15, 0.2) is 0 Å². The summed E-state index contributed by atoms with van der Waals surface area (Å²) in [5, 5.41) is 11.1. The third kappa shape index (κ3) is 3.97. The molecule has 0 aliphatic carbocycles. The molecular weight excluding hydrogens is 268 g/mol. The average Bonchev–Trinajstić information content (AvgIpc) is 2.47. The molecular formula is C16H22N2O3. The fourth-order valence-electron chi connectivity index (χ4n) is 2.91. The summed E-state index contributed by atoms with van der Waals surface area (Å²) in [6, 6.07) is 8.48. The highest BCUT2D eigenvalue weighted by molar-refractivity contribution is 5.85. The van der Waals surface area contributed by atoms with Crippen molar-refractivity contribution in [3.05, 3.63) is 29.8 Å². The smallest absolute Gasteiger partial charge is 0.322 e. The number of anilines is 1. The molecule has 1 amide bonds. The number of nitrogens with one attached hydrogen (secondary N) is 1. The highest BCUT2D eigenvalue weighted by Gasteiger charge is 2.26. The summed E-state index contributed by atoms with van der Waals surface area (Å²) in [5.41, 5.74) is 2.36. The van der Waals surface area contributed by atoms with Crippen LogP contribution < -0.4 is 10.2 Å². The molecule has 0 radical (unpaired) electrons. The maximum atomic E-state index is 12.0. The number of rotatable bonds is 6. The van der Waals surface area contributed by atoms with E-state index in [0.29, 0.717) is 6.04 Å². The highest BCUT2D eigenvalue weighted by atomic mass is 16.4. The molecule has 21 heavy (non-hydrogen) atoms. The number of aliphatic carboxylic acids is 1. The number of carbonyl (C=O) groups is 2. The number of hydrogen-bond acceptors (Lipinski definition) is 3. The SMILES string of the molecule is CCCC1CCc2ccccc2N1CC(=O)NCC(=O)O. The molecule has 0 saturated carbocycles. The van der Waals surface area contributed by atoms with E-state index >= 15 is 0 Å². The van der Waals surface area contributed by atoms with Crippen molar-refractivity contribution in [2.45, 2.75) is 38.6 Å². The summed E-state index contributed by atoms with van der Waals surface area (Å²) >= 11 is 0. The molecule has 2 N–H and O–H groups in total. The lowest BCUT2D eigenvalue weighted by molar-refractivity contribution is -0.137. The molecule has 0 fully saturated rings. The van der Waals surface area contributed by atoms with Crippen LogP contribution in [0.1, 0.15) is 31.7 Å². The fraction of sp³-hybridized carbons (Fsp3) is 0.500. The van der Waals surface area contributed by atoms with Gasteiger partial charge in [-0.05, 0) is 30.9 Å². The number of carboxylic acids is 1. The second kappa shape index (κ2) is 7.11. The molecule has 1 aliphatic rings. The molecule has 0 bridgehead atoms. The van der Waals surface area contributed by atoms with Gasteiger partial charge in [0.1, 0.15) is 6.54 Å². The van der Waals surface area contributed by atoms with Crippen molar-refractivity contribution in [3.8, 4) is 0 Å². The molecule has 0 spiro atoms. The van der Waals surface area contributed by atoms with Gasteiger partial charge in [-0.25, -0.2) is 0 Å². The molecule has 2 rings (SSSR count). The van der Waals surface area contributed by atoms with E-state index in [2.05, 4.69) is 23.2 Å². The van der Waals surface area contributed by atoms with E-state index in [1.807, 2.05) is 18.2 Å². The Balaban J connectivity index is 2.12. The van der Waals surface area contributed by atoms with Crippen LogP contribution in [0.4, 0.5) is 5.69 Å². The predicted octanol–water partition coefficient (Wildman–Crippen LogP) is 1.81. The van der Waals surface area contributed by atoms with Gasteiger partial charge in [-0.1, -0.05) is 31.5 Å². The molecule has 1 heterocycles. The minimum Gasteiger partial charge on any atom is -0.480 e. The maximum absolute atomic E-state index is 12.0. The van der Waals surface area contributed by atoms with Crippen LogP contribution >= 0.6 is 0 Å². The van der Waals surface area contributed by atoms with Crippen LogP contribution in [0.15, 0.2) is 24.3 Å². The van der Waals surface area contributed by atoms with Gasteiger partial charge in [0.05, 0.1) is 6.54 Å². The molecule has 1 aromatic carbocycles. The second-order valence-electron chi connectivity index (χ2n) is 5.41. The Bertz CT molecular complexity index is 516. The number of carboxylic acid groups (broad SMARTS) is 1. The summed E-state index contributed by atoms with van der Waals surface area (Å²) in [5.74, 6) is -1.26. The average molecular weight is 290 g/mol. The third-order valence-corrected chi connectivity index (χ3v) is 3.86. The van der Waals surface area contributed by atoms with E-state index in [1.54, 1.807) is 0 Å². The minimum absolute atomic E-state index is 0.217. The van der Waals surface area contributed by atoms with Gasteiger partial charge in [0, 0.05) is 11.7 Å². The van der Waals surface area contributed by atoms with Gasteiger partial charge < -0.3 is 15.3 Å². The lowest BCUT2D eigenvalue weighted by Gasteiger charge is -2.38. The lowest BCUT2D eigenvalue weighted by Crippen LogP contribution is -2.46. The predicted molar refractivity (Wildman–Crippen MR) is 81.5 cm³/mol. The number of nitrogens with zero attached hydrogens (tertiary/aromatic N) is 1. The Hall–Kier alpha value is -2.04. The standard InChI is InChI=1S/C16H22N2O3/c1-2-5-13-9-8-12-6-3-4-7-14(12)18(13)11-15(19)17-10-16(20)21/h3-4,6-7,13H,2,5,8-11H2,1H3,(H,17,19)(H,20,21). The normalized spacial score (nSPS) is 17.2. The monoisotopic (exact) mass is 290 g/mol. The number of amides is 1. The number of fused-ring (bicyclic) bond motifs is 1. The van der Waals surface area contributed by atoms with Crippen LogP contribution in [-0.2, 0) is 16.0 Å². The highest BCUT2D eigenvalue weighted by Crippen LogP contribution is 2.31. The van der Waals surface area contributed by atoms with Crippen molar-refractivity contribution in [2.75, 3.05) is 18.0 Å². The molecule has 0 saturated heterocycles. The van der Waals surface area contributed by atoms with Crippen molar-refractivity contribution in [1.29, 1.82) is 0 Å². The van der Waals surface area contributed by atoms with E-state index in [0.717, 1.165) is 31.4 Å². The molecule has 1 atom stereocenters. The molecule has 5 heteroatoms. The van der Waals surface area contributed by atoms with Gasteiger partial charge in [-0.3, -0.25) is 9.59 Å². The largest absolute Gasteiger partial charge is 0.480 e. The van der Waals surface area contributed by atoms with Gasteiger partial charge >= 0.3 is 5.97 Å². The van der Waals surface area contributed by atoms with Crippen molar-refractivity contribution < 1.29 is 14.7 Å². The van der Waals surface area contributed by atoms with Crippen LogP contribution in [0.2, 0.25) is 0 Å². The Kier molecular flexibility index (Phi) is 5.20. The van der Waals surface area contributed by atoms with Crippen LogP contribution in [0, 0.1) is 0 Å². The zero-order chi connectivity index (χ0) is 15.2. The maximum Gasteiger partial charge on any atom is 0.322 e. The van der Waals surface area contributed by atoms with Gasteiger partial charge in [-0.2, -0.15) is 0 Å². The molecule has 1 unspecified atom stereocenters. The summed E-state index contributed by atoms with van der Waals surface area (Å²) in [6.07, 6.45) is 4.19. The second-order valence-corrected chi connectivity index (χ2v) is 5.41. The van der Waals surface area contributed by atoms with Gasteiger partial charge in [0.25, 0.3) is 0 Å². The summed E-state index contributed by atoms with van der Waals surface area (Å²) in [7, 11) is 0. The topological polar surface area (TPSA) is 69.6 Å². The van der Waals surface area contributed by atoms with Crippen LogP contribution in [0.5, 0.6) is 0 Å². The molecule has 1 aliphatic heterocycles. The van der Waals surface area contributed by atoms with Gasteiger partial charge in [-0.15, -0.1) is 0 Å². The first kappa shape index (κ1) is 15.4. The van der Waals surface area contributed by atoms with Crippen molar-refractivity contribution in [1.82, 2.24) is 5.32 Å². The molecule has 5 nitrogen and oxygen atoms in total. The number of hydrogen-bond donors (Lipinski definition) is 2. The Morgan fingerprint density at radius 1 is 1.38 bits per heavy atom.